The van der Waals surface area contributed by atoms with Crippen LogP contribution in [0.1, 0.15) is 23.6 Å². The summed E-state index contributed by atoms with van der Waals surface area (Å²) >= 11 is 0. The molecule has 6 heterocycles. The first-order chi connectivity index (χ1) is 35.4. The van der Waals surface area contributed by atoms with Crippen LogP contribution in [0.3, 0.4) is 0 Å². The quantitative estimate of drug-likeness (QED) is 0.177. The third-order valence-electron chi connectivity index (χ3n) is 16.0. The Morgan fingerprint density at radius 1 is 0.569 bits per heavy atom. The number of fused-ring (bicyclic) bond motifs is 11. The molecule has 0 saturated carbocycles. The zero-order chi connectivity index (χ0) is 47.2. The molecule has 2 aliphatic carbocycles. The lowest BCUT2D eigenvalue weighted by Crippen LogP contribution is -2.52. The van der Waals surface area contributed by atoms with Crippen LogP contribution in [-0.4, -0.2) is 22.5 Å². The molecule has 4 atom stereocenters. The lowest BCUT2D eigenvalue weighted by atomic mass is 9.81. The molecule has 340 valence electrons. The van der Waals surface area contributed by atoms with E-state index in [1.165, 1.54) is 32.3 Å². The fourth-order valence-electron chi connectivity index (χ4n) is 12.9. The monoisotopic (exact) mass is 947 g/mol. The number of aromatic hydroxyl groups is 1. The Morgan fingerprint density at radius 2 is 1.17 bits per heavy atom. The van der Waals surface area contributed by atoms with Gasteiger partial charge in [0.05, 0.1) is 22.7 Å². The zero-order valence-electron chi connectivity index (χ0n) is 39.0. The van der Waals surface area contributed by atoms with Crippen LogP contribution in [0.25, 0.3) is 76.6 Å². The smallest absolute Gasteiger partial charge is 0.204 e. The summed E-state index contributed by atoms with van der Waals surface area (Å²) in [5.41, 5.74) is 13.9. The van der Waals surface area contributed by atoms with Crippen molar-refractivity contribution < 1.29 is 23.4 Å². The van der Waals surface area contributed by atoms with E-state index in [9.17, 15) is 5.11 Å². The van der Waals surface area contributed by atoms with Crippen LogP contribution in [0.2, 0.25) is 0 Å². The van der Waals surface area contributed by atoms with Crippen molar-refractivity contribution in [2.45, 2.75) is 26.0 Å². The van der Waals surface area contributed by atoms with Crippen LogP contribution in [0.5, 0.6) is 11.5 Å². The van der Waals surface area contributed by atoms with E-state index >= 15 is 0 Å². The van der Waals surface area contributed by atoms with Crippen molar-refractivity contribution in [3.8, 4) is 11.5 Å². The Bertz CT molecular complexity index is 4540. The Kier molecular flexibility index (Phi) is 7.45. The van der Waals surface area contributed by atoms with Gasteiger partial charge in [0.2, 0.25) is 10.6 Å². The van der Waals surface area contributed by atoms with Crippen molar-refractivity contribution in [3.63, 3.8) is 0 Å². The maximum absolute atomic E-state index is 12.0. The van der Waals surface area contributed by atoms with E-state index < -0.39 is 13.6 Å². The molecule has 0 amide bonds. The third-order valence-corrected chi connectivity index (χ3v) is 18.8. The molecule has 7 nitrogen and oxygen atoms in total. The van der Waals surface area contributed by atoms with Crippen LogP contribution in [0.15, 0.2) is 213 Å². The summed E-state index contributed by atoms with van der Waals surface area (Å²) in [5, 5.41) is 24.7. The number of anilines is 4. The molecular formula is C64H40N2O5P+. The predicted molar refractivity (Wildman–Crippen MR) is 292 cm³/mol. The number of nitrogens with zero attached hydrogens (tertiary/aromatic N) is 2. The van der Waals surface area contributed by atoms with Gasteiger partial charge in [-0.25, -0.2) is 0 Å². The van der Waals surface area contributed by atoms with Gasteiger partial charge in [0, 0.05) is 33.0 Å². The Hall–Kier alpha value is -8.77. The molecule has 17 rings (SSSR count). The highest BCUT2D eigenvalue weighted by molar-refractivity contribution is 7.72. The fraction of sp³-hybridized carbons (Fsp3) is 0.0781. The summed E-state index contributed by atoms with van der Waals surface area (Å²) in [6.45, 7) is 4.55. The van der Waals surface area contributed by atoms with Gasteiger partial charge >= 0.3 is 0 Å². The number of furan rings is 2. The molecule has 0 spiro atoms. The third kappa shape index (κ3) is 5.07. The maximum Gasteiger partial charge on any atom is 0.204 e. The number of hydrogen-bond donors (Lipinski definition) is 1. The predicted octanol–water partition coefficient (Wildman–Crippen LogP) is 15.8. The molecular weight excluding hydrogens is 908 g/mol. The lowest BCUT2D eigenvalue weighted by Gasteiger charge is -2.49. The fourth-order valence-corrected chi connectivity index (χ4v) is 16.2. The van der Waals surface area contributed by atoms with Gasteiger partial charge in [-0.1, -0.05) is 91.9 Å². The van der Waals surface area contributed by atoms with Crippen LogP contribution in [-0.2, 0) is 4.74 Å². The number of ether oxygens (including phenoxy) is 2. The largest absolute Gasteiger partial charge is 0.506 e. The topological polar surface area (TPSA) is 71.5 Å². The minimum atomic E-state index is -1.15. The van der Waals surface area contributed by atoms with Crippen LogP contribution >= 0.6 is 7.55 Å². The number of aryl methyl sites for hydroxylation is 1. The number of para-hydroxylation sites is 4. The molecule has 0 saturated heterocycles. The molecule has 11 aromatic rings. The van der Waals surface area contributed by atoms with Crippen molar-refractivity contribution in [3.05, 3.63) is 221 Å². The average molecular weight is 948 g/mol. The number of phenolic OH excluding ortho intramolecular Hbond substituents is 1. The minimum absolute atomic E-state index is 0.0294. The Morgan fingerprint density at radius 3 is 1.88 bits per heavy atom. The Balaban J connectivity index is 0.934. The van der Waals surface area contributed by atoms with E-state index in [2.05, 4.69) is 187 Å². The SMILES string of the molecule is Cc1cc2c3c(c1)N(c1ccccc1O)C1C4=C(C=C(c5ccc6oc7cc8ccccc8cc7c6c5)[C@@H]1C)OC1C=C(c5ccc6oc7cc8ccccc8cc7c6c5)C5=C(C1=[P+]43)N2c1ccccc1O5. The first-order valence-corrected chi connectivity index (χ1v) is 26.0. The molecule has 2 aromatic heterocycles. The number of phenols is 1. The van der Waals surface area contributed by atoms with Gasteiger partial charge in [0.25, 0.3) is 0 Å². The van der Waals surface area contributed by atoms with Crippen molar-refractivity contribution in [1.82, 2.24) is 0 Å². The summed E-state index contributed by atoms with van der Waals surface area (Å²) in [6, 6.07) is 59.6. The highest BCUT2D eigenvalue weighted by atomic mass is 31.1. The number of allylic oxidation sites excluding steroid dienone is 2. The highest BCUT2D eigenvalue weighted by Gasteiger charge is 2.61. The maximum atomic E-state index is 12.0. The molecule has 72 heavy (non-hydrogen) atoms. The van der Waals surface area contributed by atoms with Crippen LogP contribution in [0.4, 0.5) is 22.7 Å². The summed E-state index contributed by atoms with van der Waals surface area (Å²) in [4.78, 5) is 4.88. The minimum Gasteiger partial charge on any atom is -0.506 e. The standard InChI is InChI=1S/C64H39N2O5P/c1-33-23-49-62-50(24-33)66-48-16-8-10-18-54(48)71-61-42(40-20-22-53-44(28-40)46-26-36-12-4-6-14-38(36)30-56(46)69-53)32-58-64(60(61)66)72(62)63-57(70-58)31-41(34(2)59(63)65(49)47-15-7-9-17-51(47)67)39-19-21-52-43(27-39)45-25-35-11-3-5-13-37(35)29-55(45)68-52/h3-32,34,58-59H,1-2H3/p+1/t34-,58?,59?/m0/s1. The average Bonchev–Trinajstić information content (AvgIpc) is 3.95. The van der Waals surface area contributed by atoms with E-state index in [0.717, 1.165) is 123 Å². The summed E-state index contributed by atoms with van der Waals surface area (Å²) in [6.07, 6.45) is 4.24. The molecule has 8 heteroatoms. The number of hydrogen-bond acceptors (Lipinski definition) is 7. The van der Waals surface area contributed by atoms with Gasteiger partial charge in [-0.3, -0.25) is 4.90 Å². The first kappa shape index (κ1) is 39.0. The van der Waals surface area contributed by atoms with Crippen molar-refractivity contribution in [2.24, 2.45) is 5.92 Å². The molecule has 1 N–H and O–H groups in total. The second-order valence-electron chi connectivity index (χ2n) is 20.0. The molecule has 0 bridgehead atoms. The summed E-state index contributed by atoms with van der Waals surface area (Å²) in [7, 11) is -1.15. The summed E-state index contributed by atoms with van der Waals surface area (Å²) < 4.78 is 27.9. The molecule has 0 fully saturated rings. The van der Waals surface area contributed by atoms with Crippen molar-refractivity contribution >= 4 is 117 Å². The van der Waals surface area contributed by atoms with Gasteiger partial charge < -0.3 is 28.3 Å². The summed E-state index contributed by atoms with van der Waals surface area (Å²) in [5.74, 6) is 2.72. The van der Waals surface area contributed by atoms with Crippen molar-refractivity contribution in [1.29, 1.82) is 0 Å². The highest BCUT2D eigenvalue weighted by Crippen LogP contribution is 2.66. The van der Waals surface area contributed by atoms with Crippen molar-refractivity contribution in [2.75, 3.05) is 9.80 Å². The number of rotatable bonds is 3. The first-order valence-electron chi connectivity index (χ1n) is 24.7. The molecule has 6 aliphatic rings. The van der Waals surface area contributed by atoms with E-state index in [0.29, 0.717) is 0 Å². The second-order valence-corrected chi connectivity index (χ2v) is 22.1. The van der Waals surface area contributed by atoms with Gasteiger partial charge in [-0.2, -0.15) is 0 Å². The second kappa shape index (κ2) is 13.8. The normalized spacial score (nSPS) is 19.8. The van der Waals surface area contributed by atoms with Crippen LogP contribution < -0.4 is 19.8 Å². The Labute approximate surface area is 413 Å². The lowest BCUT2D eigenvalue weighted by molar-refractivity contribution is 0.211. The van der Waals surface area contributed by atoms with Gasteiger partial charge in [0.15, 0.2) is 36.2 Å². The van der Waals surface area contributed by atoms with E-state index in [1.54, 1.807) is 0 Å². The molecule has 4 aliphatic heterocycles. The van der Waals surface area contributed by atoms with Crippen LogP contribution in [0, 0.1) is 12.8 Å². The van der Waals surface area contributed by atoms with E-state index in [1.807, 2.05) is 18.2 Å². The molecule has 9 aromatic carbocycles. The van der Waals surface area contributed by atoms with Gasteiger partial charge in [-0.05, 0) is 148 Å². The number of benzene rings is 9. The van der Waals surface area contributed by atoms with E-state index in [-0.39, 0.29) is 17.7 Å². The van der Waals surface area contributed by atoms with Gasteiger partial charge in [-0.15, -0.1) is 0 Å². The van der Waals surface area contributed by atoms with E-state index in [4.69, 9.17) is 18.3 Å². The molecule has 0 radical (unpaired) electrons. The molecule has 3 unspecified atom stereocenters. The zero-order valence-corrected chi connectivity index (χ0v) is 39.9. The van der Waals surface area contributed by atoms with Gasteiger partial charge in [0.1, 0.15) is 39.8 Å².